The predicted molar refractivity (Wildman–Crippen MR) is 103 cm³/mol. The molecule has 0 heterocycles. The van der Waals surface area contributed by atoms with E-state index in [1.165, 1.54) is 0 Å². The van der Waals surface area contributed by atoms with Gasteiger partial charge in [0.2, 0.25) is 0 Å². The Morgan fingerprint density at radius 3 is 1.08 bits per heavy atom. The van der Waals surface area contributed by atoms with Gasteiger partial charge >= 0.3 is 0 Å². The summed E-state index contributed by atoms with van der Waals surface area (Å²) in [6.07, 6.45) is 0. The molecule has 132 valence electrons. The Morgan fingerprint density at radius 1 is 0.440 bits per heavy atom. The number of hydrogen-bond donors (Lipinski definition) is 3. The van der Waals surface area contributed by atoms with Gasteiger partial charge in [0.25, 0.3) is 0 Å². The molecule has 3 aromatic rings. The number of para-hydroxylation sites is 2. The summed E-state index contributed by atoms with van der Waals surface area (Å²) < 4.78 is 0. The van der Waals surface area contributed by atoms with Crippen molar-refractivity contribution in [2.75, 3.05) is 0 Å². The van der Waals surface area contributed by atoms with E-state index in [4.69, 9.17) is 15.3 Å². The topological polar surface area (TPSA) is 60.7 Å². The van der Waals surface area contributed by atoms with Crippen molar-refractivity contribution in [3.8, 4) is 17.2 Å². The Morgan fingerprint density at radius 2 is 0.800 bits per heavy atom. The zero-order chi connectivity index (χ0) is 18.8. The molecule has 3 rings (SSSR count). The van der Waals surface area contributed by atoms with Gasteiger partial charge in [-0.3, -0.25) is 0 Å². The Hall–Kier alpha value is -2.94. The van der Waals surface area contributed by atoms with Crippen molar-refractivity contribution in [3.63, 3.8) is 0 Å². The highest BCUT2D eigenvalue weighted by molar-refractivity contribution is 5.36. The molecule has 0 saturated carbocycles. The summed E-state index contributed by atoms with van der Waals surface area (Å²) in [5.41, 5.74) is 3.95. The monoisotopic (exact) mass is 338 g/mol. The normalized spacial score (nSPS) is 9.28. The van der Waals surface area contributed by atoms with E-state index in [1.54, 1.807) is 18.2 Å². The fourth-order valence-electron chi connectivity index (χ4n) is 1.86. The first-order valence-electron chi connectivity index (χ1n) is 8.07. The van der Waals surface area contributed by atoms with E-state index in [1.807, 2.05) is 76.2 Å². The van der Waals surface area contributed by atoms with Crippen LogP contribution in [-0.4, -0.2) is 15.3 Å². The molecule has 0 radical (unpaired) electrons. The molecular formula is C22H26O3. The summed E-state index contributed by atoms with van der Waals surface area (Å²) in [6, 6.07) is 20.0. The SMILES string of the molecule is Cc1cccc(O)c1C.Cc1ccccc1O.Cc1ccccc1O. The highest BCUT2D eigenvalue weighted by atomic mass is 16.3. The second kappa shape index (κ2) is 10.0. The van der Waals surface area contributed by atoms with Gasteiger partial charge in [0.1, 0.15) is 17.2 Å². The second-order valence-electron chi connectivity index (χ2n) is 5.79. The van der Waals surface area contributed by atoms with Gasteiger partial charge in [-0.05, 0) is 68.1 Å². The van der Waals surface area contributed by atoms with Crippen LogP contribution in [0.15, 0.2) is 66.7 Å². The molecule has 0 saturated heterocycles. The van der Waals surface area contributed by atoms with Gasteiger partial charge in [0.15, 0.2) is 0 Å². The van der Waals surface area contributed by atoms with E-state index in [0.717, 1.165) is 22.3 Å². The first-order valence-corrected chi connectivity index (χ1v) is 8.07. The molecule has 0 fully saturated rings. The maximum absolute atomic E-state index is 9.10. The first-order chi connectivity index (χ1) is 11.8. The minimum atomic E-state index is 0.368. The lowest BCUT2D eigenvalue weighted by Gasteiger charge is -1.99. The van der Waals surface area contributed by atoms with Crippen LogP contribution in [0.2, 0.25) is 0 Å². The predicted octanol–water partition coefficient (Wildman–Crippen LogP) is 5.41. The van der Waals surface area contributed by atoms with Crippen LogP contribution in [0.25, 0.3) is 0 Å². The number of benzene rings is 3. The van der Waals surface area contributed by atoms with Crippen LogP contribution in [0, 0.1) is 27.7 Å². The molecule has 0 amide bonds. The number of aromatic hydroxyl groups is 3. The lowest BCUT2D eigenvalue weighted by atomic mass is 10.1. The molecule has 0 aliphatic heterocycles. The van der Waals surface area contributed by atoms with Crippen LogP contribution < -0.4 is 0 Å². The molecular weight excluding hydrogens is 312 g/mol. The molecule has 0 atom stereocenters. The minimum absolute atomic E-state index is 0.368. The Bertz CT molecular complexity index is 689. The van der Waals surface area contributed by atoms with Crippen molar-refractivity contribution in [1.29, 1.82) is 0 Å². The average Bonchev–Trinajstić information content (AvgIpc) is 2.59. The van der Waals surface area contributed by atoms with Crippen molar-refractivity contribution >= 4 is 0 Å². The number of phenols is 3. The zero-order valence-corrected chi connectivity index (χ0v) is 15.2. The Kier molecular flexibility index (Phi) is 8.07. The molecule has 0 spiro atoms. The second-order valence-corrected chi connectivity index (χ2v) is 5.79. The van der Waals surface area contributed by atoms with E-state index in [2.05, 4.69) is 0 Å². The van der Waals surface area contributed by atoms with Gasteiger partial charge in [0.05, 0.1) is 0 Å². The summed E-state index contributed by atoms with van der Waals surface area (Å²) >= 11 is 0. The highest BCUT2D eigenvalue weighted by Gasteiger charge is 1.94. The summed E-state index contributed by atoms with van der Waals surface area (Å²) in [4.78, 5) is 0. The third kappa shape index (κ3) is 7.00. The van der Waals surface area contributed by atoms with Crippen LogP contribution in [0.5, 0.6) is 17.2 Å². The van der Waals surface area contributed by atoms with E-state index in [9.17, 15) is 0 Å². The smallest absolute Gasteiger partial charge is 0.118 e. The number of aryl methyl sites for hydroxylation is 3. The molecule has 3 heteroatoms. The van der Waals surface area contributed by atoms with E-state index < -0.39 is 0 Å². The molecule has 25 heavy (non-hydrogen) atoms. The maximum Gasteiger partial charge on any atom is 0.118 e. The molecule has 0 bridgehead atoms. The van der Waals surface area contributed by atoms with Crippen molar-refractivity contribution in [2.45, 2.75) is 27.7 Å². The van der Waals surface area contributed by atoms with E-state index in [0.29, 0.717) is 17.2 Å². The van der Waals surface area contributed by atoms with E-state index >= 15 is 0 Å². The Balaban J connectivity index is 0.000000188. The van der Waals surface area contributed by atoms with Crippen LogP contribution in [-0.2, 0) is 0 Å². The van der Waals surface area contributed by atoms with Gasteiger partial charge in [-0.25, -0.2) is 0 Å². The zero-order valence-electron chi connectivity index (χ0n) is 15.2. The Labute approximate surface area is 149 Å². The third-order valence-electron chi connectivity index (χ3n) is 3.81. The van der Waals surface area contributed by atoms with Gasteiger partial charge in [-0.15, -0.1) is 0 Å². The van der Waals surface area contributed by atoms with Crippen molar-refractivity contribution in [1.82, 2.24) is 0 Å². The lowest BCUT2D eigenvalue weighted by molar-refractivity contribution is 0.470. The third-order valence-corrected chi connectivity index (χ3v) is 3.81. The van der Waals surface area contributed by atoms with Crippen LogP contribution in [0.4, 0.5) is 0 Å². The van der Waals surface area contributed by atoms with Crippen LogP contribution in [0.1, 0.15) is 22.3 Å². The summed E-state index contributed by atoms with van der Waals surface area (Å²) in [6.45, 7) is 7.63. The molecule has 3 N–H and O–H groups in total. The quantitative estimate of drug-likeness (QED) is 0.513. The minimum Gasteiger partial charge on any atom is -0.508 e. The summed E-state index contributed by atoms with van der Waals surface area (Å²) in [5.74, 6) is 1.12. The van der Waals surface area contributed by atoms with Gasteiger partial charge in [0, 0.05) is 0 Å². The van der Waals surface area contributed by atoms with Crippen molar-refractivity contribution < 1.29 is 15.3 Å². The number of hydrogen-bond acceptors (Lipinski definition) is 3. The number of rotatable bonds is 0. The highest BCUT2D eigenvalue weighted by Crippen LogP contribution is 2.17. The first kappa shape index (κ1) is 20.1. The lowest BCUT2D eigenvalue weighted by Crippen LogP contribution is -1.78. The molecule has 0 aliphatic carbocycles. The molecule has 0 unspecified atom stereocenters. The van der Waals surface area contributed by atoms with Crippen molar-refractivity contribution in [2.24, 2.45) is 0 Å². The van der Waals surface area contributed by atoms with Gasteiger partial charge < -0.3 is 15.3 Å². The molecule has 0 aliphatic rings. The van der Waals surface area contributed by atoms with Crippen LogP contribution in [0.3, 0.4) is 0 Å². The van der Waals surface area contributed by atoms with Crippen molar-refractivity contribution in [3.05, 3.63) is 89.0 Å². The maximum atomic E-state index is 9.10. The van der Waals surface area contributed by atoms with Crippen LogP contribution >= 0.6 is 0 Å². The number of phenolic OH excluding ortho intramolecular Hbond substituents is 3. The average molecular weight is 338 g/mol. The fraction of sp³-hybridized carbons (Fsp3) is 0.182. The standard InChI is InChI=1S/C8H10O.2C7H8O/c1-6-4-3-5-8(9)7(6)2;2*1-6-4-2-3-5-7(6)8/h3-5,9H,1-2H3;2*2-5,8H,1H3. The van der Waals surface area contributed by atoms with Gasteiger partial charge in [-0.1, -0.05) is 48.5 Å². The van der Waals surface area contributed by atoms with Gasteiger partial charge in [-0.2, -0.15) is 0 Å². The molecule has 0 aromatic heterocycles. The summed E-state index contributed by atoms with van der Waals surface area (Å²) in [7, 11) is 0. The molecule has 3 aromatic carbocycles. The van der Waals surface area contributed by atoms with E-state index in [-0.39, 0.29) is 0 Å². The molecule has 3 nitrogen and oxygen atoms in total. The summed E-state index contributed by atoms with van der Waals surface area (Å²) in [5, 5.41) is 26.9. The fourth-order valence-corrected chi connectivity index (χ4v) is 1.86. The largest absolute Gasteiger partial charge is 0.508 e.